The van der Waals surface area contributed by atoms with Crippen molar-refractivity contribution in [2.24, 2.45) is 0 Å². The lowest BCUT2D eigenvalue weighted by Gasteiger charge is -2.16. The van der Waals surface area contributed by atoms with Crippen molar-refractivity contribution >= 4 is 17.5 Å². The molecule has 1 unspecified atom stereocenters. The van der Waals surface area contributed by atoms with E-state index in [-0.39, 0.29) is 17.9 Å². The molecule has 0 aliphatic carbocycles. The van der Waals surface area contributed by atoms with Crippen LogP contribution in [0.1, 0.15) is 41.9 Å². The number of amides is 2. The molecule has 5 heteroatoms. The molecule has 2 aromatic carbocycles. The Kier molecular flexibility index (Phi) is 5.70. The molecule has 3 aromatic rings. The van der Waals surface area contributed by atoms with Crippen molar-refractivity contribution in [1.29, 1.82) is 0 Å². The second kappa shape index (κ2) is 8.57. The Bertz CT molecular complexity index is 1040. The molecule has 0 bridgehead atoms. The summed E-state index contributed by atoms with van der Waals surface area (Å²) in [5.74, 6) is 0.926. The molecule has 4 rings (SSSR count). The number of fused-ring (bicyclic) bond motifs is 1. The fourth-order valence-corrected chi connectivity index (χ4v) is 3.93. The van der Waals surface area contributed by atoms with Crippen LogP contribution in [0.2, 0.25) is 0 Å². The number of nitrogens with one attached hydrogen (secondary N) is 1. The highest BCUT2D eigenvalue weighted by molar-refractivity contribution is 5.96. The van der Waals surface area contributed by atoms with Gasteiger partial charge in [-0.05, 0) is 66.4 Å². The lowest BCUT2D eigenvalue weighted by atomic mass is 10.0. The highest BCUT2D eigenvalue weighted by Crippen LogP contribution is 2.32. The highest BCUT2D eigenvalue weighted by atomic mass is 16.3. The van der Waals surface area contributed by atoms with E-state index in [4.69, 9.17) is 4.42 Å². The summed E-state index contributed by atoms with van der Waals surface area (Å²) in [6.45, 7) is 4.61. The molecule has 0 spiro atoms. The number of carbonyl (C=O) groups excluding carboxylic acids is 2. The van der Waals surface area contributed by atoms with Gasteiger partial charge in [0.1, 0.15) is 5.76 Å². The predicted molar refractivity (Wildman–Crippen MR) is 118 cm³/mol. The monoisotopic (exact) mass is 402 g/mol. The zero-order chi connectivity index (χ0) is 21.1. The molecule has 1 aliphatic heterocycles. The number of carbonyl (C=O) groups is 2. The minimum atomic E-state index is -0.0942. The maximum absolute atomic E-state index is 12.5. The maximum atomic E-state index is 12.5. The molecule has 1 N–H and O–H groups in total. The molecular formula is C25H26N2O3. The number of benzene rings is 2. The summed E-state index contributed by atoms with van der Waals surface area (Å²) >= 11 is 0. The van der Waals surface area contributed by atoms with E-state index < -0.39 is 0 Å². The van der Waals surface area contributed by atoms with E-state index in [2.05, 4.69) is 11.4 Å². The first-order valence-electron chi connectivity index (χ1n) is 10.4. The Morgan fingerprint density at radius 1 is 1.10 bits per heavy atom. The van der Waals surface area contributed by atoms with Crippen molar-refractivity contribution in [1.82, 2.24) is 5.32 Å². The van der Waals surface area contributed by atoms with Crippen molar-refractivity contribution < 1.29 is 14.0 Å². The summed E-state index contributed by atoms with van der Waals surface area (Å²) in [6.07, 6.45) is 3.69. The number of rotatable bonds is 6. The van der Waals surface area contributed by atoms with Crippen LogP contribution in [0.5, 0.6) is 0 Å². The van der Waals surface area contributed by atoms with E-state index in [0.717, 1.165) is 35.5 Å². The largest absolute Gasteiger partial charge is 0.469 e. The van der Waals surface area contributed by atoms with Gasteiger partial charge in [-0.3, -0.25) is 9.59 Å². The van der Waals surface area contributed by atoms with Crippen LogP contribution in [0, 0.1) is 0 Å². The van der Waals surface area contributed by atoms with E-state index in [9.17, 15) is 9.59 Å². The molecule has 0 radical (unpaired) electrons. The van der Waals surface area contributed by atoms with Crippen LogP contribution in [0.25, 0.3) is 11.1 Å². The second-order valence-electron chi connectivity index (χ2n) is 7.73. The summed E-state index contributed by atoms with van der Waals surface area (Å²) < 4.78 is 5.34. The molecule has 2 amide bonds. The zero-order valence-corrected chi connectivity index (χ0v) is 17.4. The molecule has 5 nitrogen and oxygen atoms in total. The molecule has 0 saturated carbocycles. The third kappa shape index (κ3) is 4.15. The maximum Gasteiger partial charge on any atom is 0.251 e. The third-order valence-corrected chi connectivity index (χ3v) is 5.52. The summed E-state index contributed by atoms with van der Waals surface area (Å²) in [4.78, 5) is 26.5. The summed E-state index contributed by atoms with van der Waals surface area (Å²) in [5.41, 5.74) is 5.00. The van der Waals surface area contributed by atoms with Gasteiger partial charge in [-0.15, -0.1) is 0 Å². The average Bonchev–Trinajstić information content (AvgIpc) is 3.42. The van der Waals surface area contributed by atoms with E-state index >= 15 is 0 Å². The lowest BCUT2D eigenvalue weighted by Crippen LogP contribution is -2.33. The van der Waals surface area contributed by atoms with Crippen molar-refractivity contribution in [2.75, 3.05) is 11.4 Å². The molecule has 0 saturated heterocycles. The summed E-state index contributed by atoms with van der Waals surface area (Å²) in [5, 5.41) is 3.01. The van der Waals surface area contributed by atoms with Crippen molar-refractivity contribution in [3.8, 4) is 11.1 Å². The van der Waals surface area contributed by atoms with Gasteiger partial charge < -0.3 is 14.6 Å². The molecule has 2 heterocycles. The molecule has 30 heavy (non-hydrogen) atoms. The van der Waals surface area contributed by atoms with Crippen LogP contribution < -0.4 is 10.2 Å². The Morgan fingerprint density at radius 2 is 1.87 bits per heavy atom. The standard InChI is InChI=1S/C25H26N2O3/c1-3-24(28)27-13-12-21-16-20(10-11-23(21)27)18-6-8-19(9-7-18)25(29)26-17(2)15-22-5-4-14-30-22/h4-11,14,16-17H,3,12-13,15H2,1-2H3,(H,26,29). The van der Waals surface area contributed by atoms with Crippen LogP contribution in [-0.2, 0) is 17.6 Å². The van der Waals surface area contributed by atoms with Crippen LogP contribution >= 0.6 is 0 Å². The number of nitrogens with zero attached hydrogens (tertiary/aromatic N) is 1. The van der Waals surface area contributed by atoms with E-state index in [0.29, 0.717) is 18.4 Å². The predicted octanol–water partition coefficient (Wildman–Crippen LogP) is 4.61. The van der Waals surface area contributed by atoms with Crippen molar-refractivity contribution in [3.05, 3.63) is 77.7 Å². The van der Waals surface area contributed by atoms with Gasteiger partial charge in [-0.1, -0.05) is 25.1 Å². The minimum Gasteiger partial charge on any atom is -0.469 e. The number of anilines is 1. The second-order valence-corrected chi connectivity index (χ2v) is 7.73. The first-order valence-corrected chi connectivity index (χ1v) is 10.4. The molecule has 0 fully saturated rings. The number of hydrogen-bond donors (Lipinski definition) is 1. The Hall–Kier alpha value is -3.34. The van der Waals surface area contributed by atoms with Gasteiger partial charge in [0.05, 0.1) is 6.26 Å². The summed E-state index contributed by atoms with van der Waals surface area (Å²) in [7, 11) is 0. The fourth-order valence-electron chi connectivity index (χ4n) is 3.93. The quantitative estimate of drug-likeness (QED) is 0.655. The summed E-state index contributed by atoms with van der Waals surface area (Å²) in [6, 6.07) is 17.6. The van der Waals surface area contributed by atoms with Gasteiger partial charge in [0.15, 0.2) is 0 Å². The number of furan rings is 1. The number of hydrogen-bond acceptors (Lipinski definition) is 3. The highest BCUT2D eigenvalue weighted by Gasteiger charge is 2.23. The van der Waals surface area contributed by atoms with Gasteiger partial charge in [-0.2, -0.15) is 0 Å². The molecule has 1 atom stereocenters. The molecule has 1 aromatic heterocycles. The smallest absolute Gasteiger partial charge is 0.251 e. The first kappa shape index (κ1) is 20.0. The van der Waals surface area contributed by atoms with E-state index in [1.165, 1.54) is 5.56 Å². The van der Waals surface area contributed by atoms with Crippen LogP contribution in [0.3, 0.4) is 0 Å². The van der Waals surface area contributed by atoms with E-state index in [1.807, 2.05) is 67.3 Å². The zero-order valence-electron chi connectivity index (χ0n) is 17.4. The first-order chi connectivity index (χ1) is 14.5. The average molecular weight is 402 g/mol. The van der Waals surface area contributed by atoms with Gasteiger partial charge in [0.2, 0.25) is 5.91 Å². The Balaban J connectivity index is 1.43. The van der Waals surface area contributed by atoms with Gasteiger partial charge in [0.25, 0.3) is 5.91 Å². The normalized spacial score (nSPS) is 13.7. The molecule has 154 valence electrons. The fraction of sp³-hybridized carbons (Fsp3) is 0.280. The Labute approximate surface area is 176 Å². The van der Waals surface area contributed by atoms with E-state index in [1.54, 1.807) is 6.26 Å². The molecular weight excluding hydrogens is 376 g/mol. The van der Waals surface area contributed by atoms with Gasteiger partial charge in [0, 0.05) is 36.7 Å². The van der Waals surface area contributed by atoms with Gasteiger partial charge in [-0.25, -0.2) is 0 Å². The SMILES string of the molecule is CCC(=O)N1CCc2cc(-c3ccc(C(=O)NC(C)Cc4ccco4)cc3)ccc21. The topological polar surface area (TPSA) is 62.6 Å². The van der Waals surface area contributed by atoms with Crippen molar-refractivity contribution in [2.45, 2.75) is 39.2 Å². The van der Waals surface area contributed by atoms with Crippen LogP contribution in [0.15, 0.2) is 65.3 Å². The van der Waals surface area contributed by atoms with Gasteiger partial charge >= 0.3 is 0 Å². The molecule has 1 aliphatic rings. The van der Waals surface area contributed by atoms with Crippen molar-refractivity contribution in [3.63, 3.8) is 0 Å². The third-order valence-electron chi connectivity index (χ3n) is 5.52. The Morgan fingerprint density at radius 3 is 2.57 bits per heavy atom. The minimum absolute atomic E-state index is 0.0196. The van der Waals surface area contributed by atoms with Crippen LogP contribution in [0.4, 0.5) is 5.69 Å². The van der Waals surface area contributed by atoms with Crippen LogP contribution in [-0.4, -0.2) is 24.4 Å². The lowest BCUT2D eigenvalue weighted by molar-refractivity contribution is -0.118.